The van der Waals surface area contributed by atoms with Crippen molar-refractivity contribution >= 4 is 0 Å². The molecule has 0 aromatic carbocycles. The third-order valence-electron chi connectivity index (χ3n) is 3.19. The van der Waals surface area contributed by atoms with E-state index in [2.05, 4.69) is 29.0 Å². The summed E-state index contributed by atoms with van der Waals surface area (Å²) in [6.07, 6.45) is 7.34. The van der Waals surface area contributed by atoms with Gasteiger partial charge in [0.2, 0.25) is 0 Å². The number of nitrogens with zero attached hydrogens (tertiary/aromatic N) is 2. The summed E-state index contributed by atoms with van der Waals surface area (Å²) in [7, 11) is 0. The molecule has 0 aliphatic carbocycles. The molecule has 0 bridgehead atoms. The Hall–Kier alpha value is -1.74. The number of pyridine rings is 2. The summed E-state index contributed by atoms with van der Waals surface area (Å²) >= 11 is 0. The van der Waals surface area contributed by atoms with Gasteiger partial charge in [-0.1, -0.05) is 13.0 Å². The molecule has 0 saturated heterocycles. The normalized spacial score (nSPS) is 12.4. The van der Waals surface area contributed by atoms with Gasteiger partial charge in [-0.2, -0.15) is 0 Å². The van der Waals surface area contributed by atoms with Gasteiger partial charge in [0.1, 0.15) is 0 Å². The van der Waals surface area contributed by atoms with Crippen molar-refractivity contribution in [3.63, 3.8) is 0 Å². The second kappa shape index (κ2) is 5.74. The van der Waals surface area contributed by atoms with Gasteiger partial charge < -0.3 is 5.73 Å². The standard InChI is InChI=1S/C15H19N3/c1-3-12-4-5-13(18-10-12)8-15(16)14-6-7-17-9-11(14)2/h4-7,9-10,15H,3,8,16H2,1-2H3. The third kappa shape index (κ3) is 2.93. The van der Waals surface area contributed by atoms with Gasteiger partial charge in [-0.3, -0.25) is 9.97 Å². The Kier molecular flexibility index (Phi) is 4.05. The lowest BCUT2D eigenvalue weighted by atomic mass is 10.00. The van der Waals surface area contributed by atoms with Crippen LogP contribution in [0, 0.1) is 6.92 Å². The molecule has 2 aromatic rings. The molecule has 2 rings (SSSR count). The van der Waals surface area contributed by atoms with Gasteiger partial charge in [-0.05, 0) is 42.2 Å². The van der Waals surface area contributed by atoms with Gasteiger partial charge in [0.15, 0.2) is 0 Å². The Morgan fingerprint density at radius 2 is 2.06 bits per heavy atom. The first-order valence-corrected chi connectivity index (χ1v) is 6.30. The van der Waals surface area contributed by atoms with Crippen molar-refractivity contribution in [3.05, 3.63) is 59.2 Å². The van der Waals surface area contributed by atoms with Gasteiger partial charge in [-0.15, -0.1) is 0 Å². The van der Waals surface area contributed by atoms with E-state index in [1.54, 1.807) is 6.20 Å². The van der Waals surface area contributed by atoms with Gasteiger partial charge >= 0.3 is 0 Å². The van der Waals surface area contributed by atoms with Crippen LogP contribution in [-0.4, -0.2) is 9.97 Å². The first kappa shape index (κ1) is 12.7. The molecule has 1 atom stereocenters. The lowest BCUT2D eigenvalue weighted by Gasteiger charge is -2.14. The summed E-state index contributed by atoms with van der Waals surface area (Å²) in [5.41, 5.74) is 10.8. The smallest absolute Gasteiger partial charge is 0.0422 e. The number of aromatic nitrogens is 2. The SMILES string of the molecule is CCc1ccc(CC(N)c2ccncc2C)nc1. The van der Waals surface area contributed by atoms with Crippen LogP contribution in [0.4, 0.5) is 0 Å². The van der Waals surface area contributed by atoms with Crippen molar-refractivity contribution < 1.29 is 0 Å². The van der Waals surface area contributed by atoms with E-state index in [1.807, 2.05) is 25.4 Å². The summed E-state index contributed by atoms with van der Waals surface area (Å²) in [6, 6.07) is 6.15. The fourth-order valence-corrected chi connectivity index (χ4v) is 2.02. The Morgan fingerprint density at radius 3 is 2.67 bits per heavy atom. The number of hydrogen-bond acceptors (Lipinski definition) is 3. The van der Waals surface area contributed by atoms with Gasteiger partial charge in [0, 0.05) is 36.7 Å². The molecule has 3 heteroatoms. The van der Waals surface area contributed by atoms with Gasteiger partial charge in [0.05, 0.1) is 0 Å². The van der Waals surface area contributed by atoms with Gasteiger partial charge in [-0.25, -0.2) is 0 Å². The van der Waals surface area contributed by atoms with Crippen molar-refractivity contribution in [2.24, 2.45) is 5.73 Å². The minimum atomic E-state index is -0.0204. The number of aryl methyl sites for hydroxylation is 2. The summed E-state index contributed by atoms with van der Waals surface area (Å²) in [6.45, 7) is 4.17. The van der Waals surface area contributed by atoms with E-state index >= 15 is 0 Å². The third-order valence-corrected chi connectivity index (χ3v) is 3.19. The highest BCUT2D eigenvalue weighted by atomic mass is 14.7. The minimum Gasteiger partial charge on any atom is -0.324 e. The molecule has 3 nitrogen and oxygen atoms in total. The Bertz CT molecular complexity index is 505. The molecule has 0 amide bonds. The van der Waals surface area contributed by atoms with Crippen LogP contribution in [0.15, 0.2) is 36.8 Å². The first-order chi connectivity index (χ1) is 8.70. The van der Waals surface area contributed by atoms with Crippen LogP contribution in [0.5, 0.6) is 0 Å². The van der Waals surface area contributed by atoms with Crippen LogP contribution in [0.25, 0.3) is 0 Å². The van der Waals surface area contributed by atoms with Crippen LogP contribution in [-0.2, 0) is 12.8 Å². The summed E-state index contributed by atoms with van der Waals surface area (Å²) in [4.78, 5) is 8.53. The van der Waals surface area contributed by atoms with E-state index in [0.717, 1.165) is 29.7 Å². The fraction of sp³-hybridized carbons (Fsp3) is 0.333. The van der Waals surface area contributed by atoms with E-state index in [0.29, 0.717) is 0 Å². The zero-order valence-electron chi connectivity index (χ0n) is 10.9. The molecular weight excluding hydrogens is 222 g/mol. The van der Waals surface area contributed by atoms with E-state index in [4.69, 9.17) is 5.73 Å². The van der Waals surface area contributed by atoms with Crippen LogP contribution >= 0.6 is 0 Å². The maximum absolute atomic E-state index is 6.23. The Morgan fingerprint density at radius 1 is 1.22 bits per heavy atom. The highest BCUT2D eigenvalue weighted by Gasteiger charge is 2.10. The van der Waals surface area contributed by atoms with Crippen molar-refractivity contribution in [3.8, 4) is 0 Å². The Labute approximate surface area is 108 Å². The topological polar surface area (TPSA) is 51.8 Å². The minimum absolute atomic E-state index is 0.0204. The predicted molar refractivity (Wildman–Crippen MR) is 73.2 cm³/mol. The predicted octanol–water partition coefficient (Wildman–Crippen LogP) is 2.59. The van der Waals surface area contributed by atoms with Crippen LogP contribution in [0.1, 0.15) is 35.3 Å². The maximum Gasteiger partial charge on any atom is 0.0422 e. The van der Waals surface area contributed by atoms with Crippen molar-refractivity contribution in [2.45, 2.75) is 32.7 Å². The van der Waals surface area contributed by atoms with E-state index in [9.17, 15) is 0 Å². The van der Waals surface area contributed by atoms with Crippen molar-refractivity contribution in [1.29, 1.82) is 0 Å². The summed E-state index contributed by atoms with van der Waals surface area (Å²) in [5.74, 6) is 0. The summed E-state index contributed by atoms with van der Waals surface area (Å²) < 4.78 is 0. The van der Waals surface area contributed by atoms with Crippen LogP contribution < -0.4 is 5.73 Å². The number of nitrogens with two attached hydrogens (primary N) is 1. The average Bonchev–Trinajstić information content (AvgIpc) is 2.40. The molecule has 18 heavy (non-hydrogen) atoms. The summed E-state index contributed by atoms with van der Waals surface area (Å²) in [5, 5.41) is 0. The number of rotatable bonds is 4. The Balaban J connectivity index is 2.11. The molecule has 0 spiro atoms. The molecule has 0 saturated carbocycles. The number of hydrogen-bond donors (Lipinski definition) is 1. The zero-order chi connectivity index (χ0) is 13.0. The fourth-order valence-electron chi connectivity index (χ4n) is 2.02. The molecule has 0 aliphatic rings. The molecule has 2 aromatic heterocycles. The molecular formula is C15H19N3. The average molecular weight is 241 g/mol. The van der Waals surface area contributed by atoms with Crippen molar-refractivity contribution in [2.75, 3.05) is 0 Å². The largest absolute Gasteiger partial charge is 0.324 e. The lowest BCUT2D eigenvalue weighted by Crippen LogP contribution is -2.15. The monoisotopic (exact) mass is 241 g/mol. The van der Waals surface area contributed by atoms with Gasteiger partial charge in [0.25, 0.3) is 0 Å². The molecule has 94 valence electrons. The highest BCUT2D eigenvalue weighted by Crippen LogP contribution is 2.17. The lowest BCUT2D eigenvalue weighted by molar-refractivity contribution is 0.699. The molecule has 0 fully saturated rings. The molecule has 2 heterocycles. The van der Waals surface area contributed by atoms with E-state index in [-0.39, 0.29) is 6.04 Å². The quantitative estimate of drug-likeness (QED) is 0.895. The highest BCUT2D eigenvalue weighted by molar-refractivity contribution is 5.26. The molecule has 2 N–H and O–H groups in total. The van der Waals surface area contributed by atoms with Crippen LogP contribution in [0.2, 0.25) is 0 Å². The molecule has 1 unspecified atom stereocenters. The van der Waals surface area contributed by atoms with E-state index in [1.165, 1.54) is 5.56 Å². The van der Waals surface area contributed by atoms with E-state index < -0.39 is 0 Å². The zero-order valence-corrected chi connectivity index (χ0v) is 10.9. The van der Waals surface area contributed by atoms with Crippen LogP contribution in [0.3, 0.4) is 0 Å². The first-order valence-electron chi connectivity index (χ1n) is 6.30. The second-order valence-corrected chi connectivity index (χ2v) is 4.55. The molecule has 0 aliphatic heterocycles. The maximum atomic E-state index is 6.23. The molecule has 0 radical (unpaired) electrons. The van der Waals surface area contributed by atoms with Crippen molar-refractivity contribution in [1.82, 2.24) is 9.97 Å². The second-order valence-electron chi connectivity index (χ2n) is 4.55.